The Morgan fingerprint density at radius 2 is 1.83 bits per heavy atom. The van der Waals surface area contributed by atoms with Gasteiger partial charge in [-0.2, -0.15) is 0 Å². The molecule has 0 unspecified atom stereocenters. The average Bonchev–Trinajstić information content (AvgIpc) is 2.80. The van der Waals surface area contributed by atoms with Gasteiger partial charge in [0.1, 0.15) is 0 Å². The van der Waals surface area contributed by atoms with Crippen molar-refractivity contribution in [3.05, 3.63) is 65.2 Å². The second-order valence-electron chi connectivity index (χ2n) is 8.45. The van der Waals surface area contributed by atoms with E-state index < -0.39 is 18.7 Å². The zero-order valence-corrected chi connectivity index (χ0v) is 17.6. The Morgan fingerprint density at radius 1 is 1.10 bits per heavy atom. The first kappa shape index (κ1) is 21.0. The first-order chi connectivity index (χ1) is 14.6. The normalized spacial score (nSPS) is 22.5. The Kier molecular flexibility index (Phi) is 6.49. The summed E-state index contributed by atoms with van der Waals surface area (Å²) in [5, 5.41) is 10.9. The second-order valence-corrected chi connectivity index (χ2v) is 8.45. The van der Waals surface area contributed by atoms with E-state index >= 15 is 0 Å². The fourth-order valence-electron chi connectivity index (χ4n) is 5.22. The fraction of sp³-hybridized carbons (Fsp3) is 0.480. The number of rotatable bonds is 5. The molecule has 4 nitrogen and oxygen atoms in total. The molecule has 0 spiro atoms. The molecule has 1 aliphatic heterocycles. The molecule has 5 heteroatoms. The largest absolute Gasteiger partial charge is 0.391 e. The Bertz CT molecular complexity index is 865. The Hall–Kier alpha value is -2.24. The molecule has 1 fully saturated rings. The van der Waals surface area contributed by atoms with Crippen LogP contribution in [0.4, 0.5) is 10.1 Å². The molecule has 160 valence electrons. The Morgan fingerprint density at radius 3 is 2.50 bits per heavy atom. The lowest BCUT2D eigenvalue weighted by molar-refractivity contribution is -0.119. The van der Waals surface area contributed by atoms with Crippen molar-refractivity contribution in [3.63, 3.8) is 0 Å². The number of aliphatic hydroxyl groups is 1. The molecule has 1 amide bonds. The predicted molar refractivity (Wildman–Crippen MR) is 118 cm³/mol. The van der Waals surface area contributed by atoms with Gasteiger partial charge in [-0.1, -0.05) is 42.5 Å². The van der Waals surface area contributed by atoms with E-state index in [2.05, 4.69) is 35.2 Å². The van der Waals surface area contributed by atoms with Gasteiger partial charge in [0.25, 0.3) is 5.91 Å². The number of amides is 1. The van der Waals surface area contributed by atoms with Gasteiger partial charge in [0.2, 0.25) is 0 Å². The second kappa shape index (κ2) is 9.27. The lowest BCUT2D eigenvalue weighted by Gasteiger charge is -2.43. The quantitative estimate of drug-likeness (QED) is 0.817. The predicted octanol–water partition coefficient (Wildman–Crippen LogP) is 3.72. The van der Waals surface area contributed by atoms with Crippen LogP contribution in [0.15, 0.2) is 48.5 Å². The number of nitrogens with zero attached hydrogens (tertiary/aromatic N) is 2. The summed E-state index contributed by atoms with van der Waals surface area (Å²) in [7, 11) is 0. The zero-order chi connectivity index (χ0) is 21.1. The minimum Gasteiger partial charge on any atom is -0.391 e. The molecule has 1 aliphatic carbocycles. The van der Waals surface area contributed by atoms with Gasteiger partial charge in [0.15, 0.2) is 6.67 Å². The van der Waals surface area contributed by atoms with Crippen LogP contribution in [0, 0.1) is 0 Å². The number of likely N-dealkylation sites (tertiary alicyclic amines) is 1. The summed E-state index contributed by atoms with van der Waals surface area (Å²) in [6.07, 6.45) is 3.02. The highest BCUT2D eigenvalue weighted by Crippen LogP contribution is 2.35. The van der Waals surface area contributed by atoms with Crippen molar-refractivity contribution >= 4 is 11.6 Å². The molecule has 1 N–H and O–H groups in total. The minimum absolute atomic E-state index is 0.0366. The SMILES string of the molecule is CCN(C(=O)CF)c1cccc2c1C[C@@H](N1CCC(c3ccccc3)CC1)[C@H](O)C2. The van der Waals surface area contributed by atoms with E-state index in [9.17, 15) is 14.3 Å². The summed E-state index contributed by atoms with van der Waals surface area (Å²) in [4.78, 5) is 16.1. The molecule has 2 aliphatic rings. The van der Waals surface area contributed by atoms with Crippen LogP contribution in [0.2, 0.25) is 0 Å². The van der Waals surface area contributed by atoms with E-state index in [4.69, 9.17) is 0 Å². The summed E-state index contributed by atoms with van der Waals surface area (Å²) >= 11 is 0. The monoisotopic (exact) mass is 410 g/mol. The van der Waals surface area contributed by atoms with Crippen LogP contribution < -0.4 is 4.90 Å². The molecule has 30 heavy (non-hydrogen) atoms. The van der Waals surface area contributed by atoms with Crippen LogP contribution in [-0.4, -0.2) is 54.4 Å². The van der Waals surface area contributed by atoms with Crippen LogP contribution in [-0.2, 0) is 17.6 Å². The van der Waals surface area contributed by atoms with Gasteiger partial charge in [-0.05, 0) is 68.0 Å². The number of halogens is 1. The third kappa shape index (κ3) is 4.14. The molecule has 2 aromatic carbocycles. The molecule has 1 saturated heterocycles. The number of carbonyl (C=O) groups is 1. The van der Waals surface area contributed by atoms with Crippen LogP contribution in [0.3, 0.4) is 0 Å². The van der Waals surface area contributed by atoms with E-state index in [1.54, 1.807) is 0 Å². The number of anilines is 1. The maximum absolute atomic E-state index is 13.1. The van der Waals surface area contributed by atoms with Crippen LogP contribution in [0.1, 0.15) is 42.4 Å². The number of hydrogen-bond donors (Lipinski definition) is 1. The third-order valence-electron chi connectivity index (χ3n) is 6.83. The Balaban J connectivity index is 1.51. The van der Waals surface area contributed by atoms with Crippen molar-refractivity contribution in [2.45, 2.75) is 50.7 Å². The van der Waals surface area contributed by atoms with Gasteiger partial charge in [0.05, 0.1) is 6.10 Å². The van der Waals surface area contributed by atoms with Gasteiger partial charge in [-0.15, -0.1) is 0 Å². The molecule has 4 rings (SSSR count). The summed E-state index contributed by atoms with van der Waals surface area (Å²) < 4.78 is 13.1. The highest BCUT2D eigenvalue weighted by molar-refractivity contribution is 5.95. The number of alkyl halides is 1. The fourth-order valence-corrected chi connectivity index (χ4v) is 5.22. The number of fused-ring (bicyclic) bond motifs is 1. The summed E-state index contributed by atoms with van der Waals surface area (Å²) in [5.41, 5.74) is 4.35. The van der Waals surface area contributed by atoms with Gasteiger partial charge in [0, 0.05) is 24.7 Å². The number of aliphatic hydroxyl groups excluding tert-OH is 1. The van der Waals surface area contributed by atoms with Crippen molar-refractivity contribution in [2.75, 3.05) is 31.2 Å². The van der Waals surface area contributed by atoms with Crippen LogP contribution >= 0.6 is 0 Å². The van der Waals surface area contributed by atoms with Gasteiger partial charge >= 0.3 is 0 Å². The zero-order valence-electron chi connectivity index (χ0n) is 17.6. The third-order valence-corrected chi connectivity index (χ3v) is 6.83. The first-order valence-corrected chi connectivity index (χ1v) is 11.1. The number of carbonyl (C=O) groups excluding carboxylic acids is 1. The summed E-state index contributed by atoms with van der Waals surface area (Å²) in [5.74, 6) is 0.0704. The van der Waals surface area contributed by atoms with Gasteiger partial charge in [-0.25, -0.2) is 4.39 Å². The highest BCUT2D eigenvalue weighted by Gasteiger charge is 2.35. The maximum Gasteiger partial charge on any atom is 0.258 e. The molecular formula is C25H31FN2O2. The molecule has 2 atom stereocenters. The van der Waals surface area contributed by atoms with E-state index in [0.29, 0.717) is 25.3 Å². The molecule has 0 bridgehead atoms. The van der Waals surface area contributed by atoms with Crippen LogP contribution in [0.5, 0.6) is 0 Å². The van der Waals surface area contributed by atoms with Gasteiger partial charge < -0.3 is 10.0 Å². The Labute approximate surface area is 178 Å². The van der Waals surface area contributed by atoms with Crippen molar-refractivity contribution < 1.29 is 14.3 Å². The van der Waals surface area contributed by atoms with Crippen molar-refractivity contribution in [2.24, 2.45) is 0 Å². The summed E-state index contributed by atoms with van der Waals surface area (Å²) in [6.45, 7) is 3.24. The lowest BCUT2D eigenvalue weighted by atomic mass is 9.82. The van der Waals surface area contributed by atoms with Crippen LogP contribution in [0.25, 0.3) is 0 Å². The van der Waals surface area contributed by atoms with Crippen molar-refractivity contribution in [1.29, 1.82) is 0 Å². The van der Waals surface area contributed by atoms with Crippen molar-refractivity contribution in [1.82, 2.24) is 4.90 Å². The molecule has 1 heterocycles. The topological polar surface area (TPSA) is 43.8 Å². The van der Waals surface area contributed by atoms with E-state index in [1.165, 1.54) is 10.5 Å². The number of hydrogen-bond acceptors (Lipinski definition) is 3. The smallest absolute Gasteiger partial charge is 0.258 e. The number of benzene rings is 2. The van der Waals surface area contributed by atoms with E-state index in [-0.39, 0.29) is 6.04 Å². The van der Waals surface area contributed by atoms with Crippen molar-refractivity contribution in [3.8, 4) is 0 Å². The minimum atomic E-state index is -0.990. The highest BCUT2D eigenvalue weighted by atomic mass is 19.1. The van der Waals surface area contributed by atoms with Gasteiger partial charge in [-0.3, -0.25) is 9.69 Å². The number of piperidine rings is 1. The van der Waals surface area contributed by atoms with E-state index in [1.807, 2.05) is 25.1 Å². The summed E-state index contributed by atoms with van der Waals surface area (Å²) in [6, 6.07) is 16.5. The molecule has 0 aromatic heterocycles. The molecule has 0 radical (unpaired) electrons. The average molecular weight is 411 g/mol. The molecular weight excluding hydrogens is 379 g/mol. The van der Waals surface area contributed by atoms with E-state index in [0.717, 1.165) is 42.7 Å². The lowest BCUT2D eigenvalue weighted by Crippen LogP contribution is -2.51. The maximum atomic E-state index is 13.1. The standard InChI is InChI=1S/C25H31FN2O2/c1-2-28(25(30)17-26)22-10-6-9-20-15-24(29)23(16-21(20)22)27-13-11-19(12-14-27)18-7-4-3-5-8-18/h3-10,19,23-24,29H,2,11-17H2,1H3/t23-,24-/m1/s1. The first-order valence-electron chi connectivity index (χ1n) is 11.1. The molecule has 2 aromatic rings. The molecule has 0 saturated carbocycles.